The lowest BCUT2D eigenvalue weighted by Gasteiger charge is -2.36. The van der Waals surface area contributed by atoms with Crippen LogP contribution in [-0.4, -0.2) is 37.1 Å². The van der Waals surface area contributed by atoms with Crippen molar-refractivity contribution in [1.82, 2.24) is 5.32 Å². The highest BCUT2D eigenvalue weighted by molar-refractivity contribution is 5.96. The van der Waals surface area contributed by atoms with Crippen LogP contribution in [0.15, 0.2) is 24.3 Å². The minimum atomic E-state index is -0.671. The van der Waals surface area contributed by atoms with E-state index in [1.54, 1.807) is 12.1 Å². The Bertz CT molecular complexity index is 683. The number of amides is 1. The van der Waals surface area contributed by atoms with E-state index < -0.39 is 18.5 Å². The second-order valence-electron chi connectivity index (χ2n) is 8.06. The lowest BCUT2D eigenvalue weighted by atomic mass is 9.75. The molecule has 1 aliphatic carbocycles. The van der Waals surface area contributed by atoms with Crippen molar-refractivity contribution < 1.29 is 23.9 Å². The molecular weight excluding hydrogens is 358 g/mol. The summed E-state index contributed by atoms with van der Waals surface area (Å²) in [7, 11) is 0. The van der Waals surface area contributed by atoms with E-state index in [2.05, 4.69) is 26.1 Å². The van der Waals surface area contributed by atoms with Gasteiger partial charge in [0.1, 0.15) is 12.6 Å². The smallest absolute Gasteiger partial charge is 0.344 e. The van der Waals surface area contributed by atoms with Crippen LogP contribution in [0, 0.1) is 24.7 Å². The first-order valence-electron chi connectivity index (χ1n) is 9.96. The summed E-state index contributed by atoms with van der Waals surface area (Å²) in [5.74, 6) is -0.282. The van der Waals surface area contributed by atoms with Gasteiger partial charge in [-0.2, -0.15) is 0 Å². The molecule has 3 atom stereocenters. The van der Waals surface area contributed by atoms with Crippen LogP contribution in [0.5, 0.6) is 0 Å². The second kappa shape index (κ2) is 10.2. The van der Waals surface area contributed by atoms with E-state index in [1.165, 1.54) is 0 Å². The van der Waals surface area contributed by atoms with Gasteiger partial charge in [-0.05, 0) is 49.7 Å². The summed E-state index contributed by atoms with van der Waals surface area (Å²) in [5.41, 5.74) is 1.51. The van der Waals surface area contributed by atoms with Gasteiger partial charge in [0, 0.05) is 5.56 Å². The van der Waals surface area contributed by atoms with Crippen LogP contribution in [0.3, 0.4) is 0 Å². The van der Waals surface area contributed by atoms with Gasteiger partial charge in [0.15, 0.2) is 6.61 Å². The number of rotatable bonds is 7. The first-order valence-corrected chi connectivity index (χ1v) is 9.96. The quantitative estimate of drug-likeness (QED) is 0.724. The number of aryl methyl sites for hydroxylation is 1. The van der Waals surface area contributed by atoms with Crippen LogP contribution in [0.2, 0.25) is 0 Å². The van der Waals surface area contributed by atoms with E-state index in [9.17, 15) is 14.4 Å². The molecular formula is C22H31NO5. The molecule has 0 radical (unpaired) electrons. The number of carbonyl (C=O) groups excluding carboxylic acids is 3. The third-order valence-electron chi connectivity index (χ3n) is 5.30. The third-order valence-corrected chi connectivity index (χ3v) is 5.30. The molecule has 0 spiro atoms. The summed E-state index contributed by atoms with van der Waals surface area (Å²) in [6.45, 7) is 7.63. The van der Waals surface area contributed by atoms with Crippen molar-refractivity contribution in [3.05, 3.63) is 35.4 Å². The number of carbonyl (C=O) groups is 3. The Morgan fingerprint density at radius 1 is 1.11 bits per heavy atom. The van der Waals surface area contributed by atoms with E-state index >= 15 is 0 Å². The predicted molar refractivity (Wildman–Crippen MR) is 106 cm³/mol. The lowest BCUT2D eigenvalue weighted by Crippen LogP contribution is -2.37. The first kappa shape index (κ1) is 21.9. The molecule has 6 nitrogen and oxygen atoms in total. The molecule has 0 aliphatic heterocycles. The van der Waals surface area contributed by atoms with Crippen LogP contribution in [-0.2, 0) is 19.1 Å². The molecule has 1 N–H and O–H groups in total. The standard InChI is InChI=1S/C22H31NO5/c1-14(2)18-10-7-16(4)11-19(18)28-21(25)13-27-20(24)12-23-22(26)17-8-5-15(3)6-9-17/h5-6,8-9,14,16,18-19H,7,10-13H2,1-4H3,(H,23,26)/t16-,18-,19-/m0/s1. The zero-order valence-electron chi connectivity index (χ0n) is 17.2. The Morgan fingerprint density at radius 3 is 2.43 bits per heavy atom. The minimum absolute atomic E-state index is 0.129. The number of nitrogens with one attached hydrogen (secondary N) is 1. The van der Waals surface area contributed by atoms with Crippen molar-refractivity contribution in [2.75, 3.05) is 13.2 Å². The number of benzene rings is 1. The zero-order valence-corrected chi connectivity index (χ0v) is 17.2. The van der Waals surface area contributed by atoms with Gasteiger partial charge < -0.3 is 14.8 Å². The van der Waals surface area contributed by atoms with E-state index in [1.807, 2.05) is 19.1 Å². The zero-order chi connectivity index (χ0) is 20.7. The van der Waals surface area contributed by atoms with Crippen molar-refractivity contribution >= 4 is 17.8 Å². The maximum absolute atomic E-state index is 12.1. The van der Waals surface area contributed by atoms with Crippen molar-refractivity contribution in [1.29, 1.82) is 0 Å². The molecule has 0 aromatic heterocycles. The molecule has 1 aromatic rings. The second-order valence-corrected chi connectivity index (χ2v) is 8.06. The van der Waals surface area contributed by atoms with E-state index in [0.717, 1.165) is 24.8 Å². The van der Waals surface area contributed by atoms with Crippen molar-refractivity contribution in [3.63, 3.8) is 0 Å². The van der Waals surface area contributed by atoms with E-state index in [-0.39, 0.29) is 18.6 Å². The molecule has 6 heteroatoms. The van der Waals surface area contributed by atoms with Gasteiger partial charge in [0.2, 0.25) is 0 Å². The monoisotopic (exact) mass is 389 g/mol. The maximum atomic E-state index is 12.1. The van der Waals surface area contributed by atoms with Gasteiger partial charge in [-0.1, -0.05) is 44.9 Å². The lowest BCUT2D eigenvalue weighted by molar-refractivity contribution is -0.166. The summed E-state index contributed by atoms with van der Waals surface area (Å²) in [5, 5.41) is 2.49. The largest absolute Gasteiger partial charge is 0.460 e. The highest BCUT2D eigenvalue weighted by Gasteiger charge is 2.33. The fraction of sp³-hybridized carbons (Fsp3) is 0.591. The Balaban J connectivity index is 1.73. The molecule has 0 heterocycles. The van der Waals surface area contributed by atoms with Gasteiger partial charge >= 0.3 is 11.9 Å². The third kappa shape index (κ3) is 6.66. The Morgan fingerprint density at radius 2 is 1.79 bits per heavy atom. The summed E-state index contributed by atoms with van der Waals surface area (Å²) in [4.78, 5) is 35.9. The van der Waals surface area contributed by atoms with Crippen LogP contribution < -0.4 is 5.32 Å². The number of ether oxygens (including phenoxy) is 2. The van der Waals surface area contributed by atoms with Crippen LogP contribution in [0.1, 0.15) is 56.0 Å². The average molecular weight is 389 g/mol. The van der Waals surface area contributed by atoms with Crippen LogP contribution in [0.4, 0.5) is 0 Å². The van der Waals surface area contributed by atoms with E-state index in [0.29, 0.717) is 23.3 Å². The molecule has 2 rings (SSSR count). The molecule has 1 aromatic carbocycles. The molecule has 1 amide bonds. The average Bonchev–Trinajstić information content (AvgIpc) is 2.64. The Kier molecular flexibility index (Phi) is 8.03. The van der Waals surface area contributed by atoms with Crippen molar-refractivity contribution in [2.45, 2.75) is 53.1 Å². The molecule has 28 heavy (non-hydrogen) atoms. The van der Waals surface area contributed by atoms with Crippen molar-refractivity contribution in [3.8, 4) is 0 Å². The summed E-state index contributed by atoms with van der Waals surface area (Å²) >= 11 is 0. The molecule has 0 unspecified atom stereocenters. The van der Waals surface area contributed by atoms with Crippen molar-refractivity contribution in [2.24, 2.45) is 17.8 Å². The van der Waals surface area contributed by atoms with Gasteiger partial charge in [-0.25, -0.2) is 4.79 Å². The summed E-state index contributed by atoms with van der Waals surface area (Å²) in [6.07, 6.45) is 2.90. The highest BCUT2D eigenvalue weighted by Crippen LogP contribution is 2.35. The van der Waals surface area contributed by atoms with Crippen LogP contribution in [0.25, 0.3) is 0 Å². The minimum Gasteiger partial charge on any atom is -0.460 e. The van der Waals surface area contributed by atoms with Gasteiger partial charge in [0.05, 0.1) is 0 Å². The number of esters is 2. The van der Waals surface area contributed by atoms with Gasteiger partial charge in [-0.15, -0.1) is 0 Å². The Hall–Kier alpha value is -2.37. The summed E-state index contributed by atoms with van der Waals surface area (Å²) < 4.78 is 10.5. The number of hydrogen-bond donors (Lipinski definition) is 1. The molecule has 0 saturated heterocycles. The number of hydrogen-bond acceptors (Lipinski definition) is 5. The molecule has 0 bridgehead atoms. The maximum Gasteiger partial charge on any atom is 0.344 e. The molecule has 154 valence electrons. The summed E-state index contributed by atoms with van der Waals surface area (Å²) in [6, 6.07) is 7.01. The fourth-order valence-electron chi connectivity index (χ4n) is 3.60. The molecule has 1 aliphatic rings. The van der Waals surface area contributed by atoms with Gasteiger partial charge in [0.25, 0.3) is 5.91 Å². The van der Waals surface area contributed by atoms with Gasteiger partial charge in [-0.3, -0.25) is 9.59 Å². The SMILES string of the molecule is Cc1ccc(C(=O)NCC(=O)OCC(=O)O[C@H]2C[C@@H](C)CC[C@H]2C(C)C)cc1. The first-order chi connectivity index (χ1) is 13.3. The molecule has 1 fully saturated rings. The predicted octanol–water partition coefficient (Wildman–Crippen LogP) is 3.27. The molecule has 1 saturated carbocycles. The highest BCUT2D eigenvalue weighted by atomic mass is 16.6. The van der Waals surface area contributed by atoms with Crippen LogP contribution >= 0.6 is 0 Å². The van der Waals surface area contributed by atoms with E-state index in [4.69, 9.17) is 9.47 Å². The fourth-order valence-corrected chi connectivity index (χ4v) is 3.60. The Labute approximate surface area is 167 Å². The topological polar surface area (TPSA) is 81.7 Å². The normalized spacial score (nSPS) is 21.8.